The van der Waals surface area contributed by atoms with Crippen molar-refractivity contribution in [1.82, 2.24) is 4.90 Å². The summed E-state index contributed by atoms with van der Waals surface area (Å²) >= 11 is 1.79. The highest BCUT2D eigenvalue weighted by molar-refractivity contribution is 7.99. The second-order valence-corrected chi connectivity index (χ2v) is 6.19. The molecule has 1 N–H and O–H groups in total. The van der Waals surface area contributed by atoms with Crippen molar-refractivity contribution in [2.75, 3.05) is 18.9 Å². The van der Waals surface area contributed by atoms with E-state index in [1.54, 1.807) is 11.8 Å². The Hall–Kier alpha value is -1.00. The molecule has 0 atom stereocenters. The fourth-order valence-corrected chi connectivity index (χ4v) is 2.86. The van der Waals surface area contributed by atoms with Gasteiger partial charge in [0.25, 0.3) is 0 Å². The van der Waals surface area contributed by atoms with E-state index in [4.69, 9.17) is 5.11 Å². The van der Waals surface area contributed by atoms with Crippen molar-refractivity contribution in [3.8, 4) is 0 Å². The summed E-state index contributed by atoms with van der Waals surface area (Å²) in [4.78, 5) is 15.3. The van der Waals surface area contributed by atoms with Crippen molar-refractivity contribution in [1.29, 1.82) is 0 Å². The summed E-state index contributed by atoms with van der Waals surface area (Å²) in [6.45, 7) is 4.83. The van der Waals surface area contributed by atoms with Crippen LogP contribution in [0.4, 0.5) is 0 Å². The van der Waals surface area contributed by atoms with Gasteiger partial charge >= 0.3 is 0 Å². The predicted molar refractivity (Wildman–Crippen MR) is 85.0 cm³/mol. The summed E-state index contributed by atoms with van der Waals surface area (Å²) in [6, 6.07) is 10.5. The van der Waals surface area contributed by atoms with Gasteiger partial charge < -0.3 is 10.0 Å². The Morgan fingerprint density at radius 1 is 1.25 bits per heavy atom. The van der Waals surface area contributed by atoms with Gasteiger partial charge in [-0.1, -0.05) is 18.2 Å². The monoisotopic (exact) mass is 295 g/mol. The molecule has 0 bridgehead atoms. The fraction of sp³-hybridized carbons (Fsp3) is 0.562. The Morgan fingerprint density at radius 2 is 1.95 bits per heavy atom. The summed E-state index contributed by atoms with van der Waals surface area (Å²) in [7, 11) is 0. The largest absolute Gasteiger partial charge is 0.396 e. The second-order valence-electron chi connectivity index (χ2n) is 5.02. The van der Waals surface area contributed by atoms with Crippen molar-refractivity contribution in [3.63, 3.8) is 0 Å². The Kier molecular flexibility index (Phi) is 8.38. The topological polar surface area (TPSA) is 40.5 Å². The van der Waals surface area contributed by atoms with Crippen LogP contribution in [-0.2, 0) is 4.79 Å². The molecule has 0 radical (unpaired) electrons. The Bertz CT molecular complexity index is 381. The lowest BCUT2D eigenvalue weighted by atomic mass is 10.2. The molecule has 112 valence electrons. The number of thioether (sulfide) groups is 1. The van der Waals surface area contributed by atoms with Crippen LogP contribution in [0.15, 0.2) is 35.2 Å². The lowest BCUT2D eigenvalue weighted by molar-refractivity contribution is -0.133. The zero-order valence-electron chi connectivity index (χ0n) is 12.4. The Balaban J connectivity index is 2.27. The molecule has 1 aromatic carbocycles. The second kappa shape index (κ2) is 9.83. The van der Waals surface area contributed by atoms with Gasteiger partial charge in [-0.25, -0.2) is 0 Å². The van der Waals surface area contributed by atoms with Crippen LogP contribution in [0.25, 0.3) is 0 Å². The molecular weight excluding hydrogens is 270 g/mol. The first-order valence-electron chi connectivity index (χ1n) is 7.23. The molecular formula is C16H25NO2S. The molecule has 1 rings (SSSR count). The lowest BCUT2D eigenvalue weighted by Gasteiger charge is -2.26. The minimum atomic E-state index is 0.139. The highest BCUT2D eigenvalue weighted by atomic mass is 32.2. The number of rotatable bonds is 9. The van der Waals surface area contributed by atoms with Gasteiger partial charge in [-0.2, -0.15) is 0 Å². The van der Waals surface area contributed by atoms with Crippen molar-refractivity contribution in [3.05, 3.63) is 30.3 Å². The highest BCUT2D eigenvalue weighted by Gasteiger charge is 2.15. The summed E-state index contributed by atoms with van der Waals surface area (Å²) < 4.78 is 0. The number of hydrogen-bond donors (Lipinski definition) is 1. The Labute approximate surface area is 126 Å². The van der Waals surface area contributed by atoms with Gasteiger partial charge in [-0.3, -0.25) is 4.79 Å². The third kappa shape index (κ3) is 6.44. The van der Waals surface area contributed by atoms with Crippen LogP contribution in [0.2, 0.25) is 0 Å². The summed E-state index contributed by atoms with van der Waals surface area (Å²) in [5, 5.41) is 8.88. The van der Waals surface area contributed by atoms with Gasteiger partial charge in [-0.05, 0) is 44.6 Å². The average Bonchev–Trinajstić information content (AvgIpc) is 2.45. The zero-order valence-corrected chi connectivity index (χ0v) is 13.2. The summed E-state index contributed by atoms with van der Waals surface area (Å²) in [5.41, 5.74) is 0. The molecule has 1 amide bonds. The van der Waals surface area contributed by atoms with Crippen LogP contribution in [0.1, 0.15) is 33.1 Å². The zero-order chi connectivity index (χ0) is 14.8. The minimum Gasteiger partial charge on any atom is -0.396 e. The lowest BCUT2D eigenvalue weighted by Crippen LogP contribution is -2.37. The molecule has 1 aromatic rings. The first kappa shape index (κ1) is 17.1. The molecule has 0 saturated carbocycles. The maximum atomic E-state index is 12.1. The van der Waals surface area contributed by atoms with Crippen LogP contribution >= 0.6 is 11.8 Å². The number of carbonyl (C=O) groups excluding carboxylic acids is 1. The maximum Gasteiger partial charge on any atom is 0.222 e. The van der Waals surface area contributed by atoms with Crippen molar-refractivity contribution in [2.24, 2.45) is 0 Å². The van der Waals surface area contributed by atoms with E-state index in [2.05, 4.69) is 12.1 Å². The standard InChI is InChI=1S/C16H25NO2S/c1-14(2)17(11-7-12-18)16(19)10-6-13-20-15-8-4-3-5-9-15/h3-5,8-9,14,18H,6-7,10-13H2,1-2H3. The Morgan fingerprint density at radius 3 is 2.55 bits per heavy atom. The number of benzene rings is 1. The van der Waals surface area contributed by atoms with Gasteiger partial charge in [0.1, 0.15) is 0 Å². The molecule has 0 saturated heterocycles. The molecule has 0 heterocycles. The molecule has 0 unspecified atom stereocenters. The van der Waals surface area contributed by atoms with E-state index in [1.807, 2.05) is 36.9 Å². The van der Waals surface area contributed by atoms with E-state index < -0.39 is 0 Å². The van der Waals surface area contributed by atoms with Crippen molar-refractivity contribution < 1.29 is 9.90 Å². The van der Waals surface area contributed by atoms with Gasteiger partial charge in [0.15, 0.2) is 0 Å². The fourth-order valence-electron chi connectivity index (χ4n) is 1.99. The summed E-state index contributed by atoms with van der Waals surface area (Å²) in [6.07, 6.45) is 2.13. The van der Waals surface area contributed by atoms with E-state index in [9.17, 15) is 4.79 Å². The molecule has 0 aromatic heterocycles. The van der Waals surface area contributed by atoms with Crippen LogP contribution in [-0.4, -0.2) is 40.9 Å². The minimum absolute atomic E-state index is 0.139. The van der Waals surface area contributed by atoms with Crippen LogP contribution in [0.3, 0.4) is 0 Å². The molecule has 0 aliphatic rings. The third-order valence-corrected chi connectivity index (χ3v) is 4.15. The molecule has 0 aliphatic heterocycles. The predicted octanol–water partition coefficient (Wildman–Crippen LogP) is 3.18. The SMILES string of the molecule is CC(C)N(CCCO)C(=O)CCCSc1ccccc1. The molecule has 20 heavy (non-hydrogen) atoms. The number of hydrogen-bond acceptors (Lipinski definition) is 3. The van der Waals surface area contributed by atoms with E-state index in [1.165, 1.54) is 4.90 Å². The van der Waals surface area contributed by atoms with E-state index in [-0.39, 0.29) is 18.6 Å². The molecule has 3 nitrogen and oxygen atoms in total. The number of aliphatic hydroxyl groups excluding tert-OH is 1. The average molecular weight is 295 g/mol. The third-order valence-electron chi connectivity index (χ3n) is 3.05. The van der Waals surface area contributed by atoms with Crippen LogP contribution in [0, 0.1) is 0 Å². The number of aliphatic hydroxyl groups is 1. The molecule has 0 aliphatic carbocycles. The van der Waals surface area contributed by atoms with Gasteiger partial charge in [-0.15, -0.1) is 11.8 Å². The first-order valence-corrected chi connectivity index (χ1v) is 8.22. The van der Waals surface area contributed by atoms with Gasteiger partial charge in [0, 0.05) is 30.5 Å². The van der Waals surface area contributed by atoms with Gasteiger partial charge in [0.2, 0.25) is 5.91 Å². The maximum absolute atomic E-state index is 12.1. The normalized spacial score (nSPS) is 10.8. The van der Waals surface area contributed by atoms with E-state index in [0.717, 1.165) is 12.2 Å². The molecule has 0 fully saturated rings. The van der Waals surface area contributed by atoms with Crippen molar-refractivity contribution >= 4 is 17.7 Å². The number of amides is 1. The first-order chi connectivity index (χ1) is 9.65. The smallest absolute Gasteiger partial charge is 0.222 e. The van der Waals surface area contributed by atoms with Crippen LogP contribution in [0.5, 0.6) is 0 Å². The molecule has 4 heteroatoms. The van der Waals surface area contributed by atoms with Crippen molar-refractivity contribution in [2.45, 2.75) is 44.0 Å². The molecule has 0 spiro atoms. The van der Waals surface area contributed by atoms with E-state index >= 15 is 0 Å². The van der Waals surface area contributed by atoms with Gasteiger partial charge in [0.05, 0.1) is 0 Å². The number of carbonyl (C=O) groups is 1. The van der Waals surface area contributed by atoms with E-state index in [0.29, 0.717) is 19.4 Å². The summed E-state index contributed by atoms with van der Waals surface area (Å²) in [5.74, 6) is 1.16. The van der Waals surface area contributed by atoms with Crippen LogP contribution < -0.4 is 0 Å². The highest BCUT2D eigenvalue weighted by Crippen LogP contribution is 2.18. The quantitative estimate of drug-likeness (QED) is 0.562. The number of nitrogens with zero attached hydrogens (tertiary/aromatic N) is 1.